The van der Waals surface area contributed by atoms with Crippen molar-refractivity contribution in [2.24, 2.45) is 10.4 Å². The topological polar surface area (TPSA) is 40.1 Å². The predicted molar refractivity (Wildman–Crippen MR) is 95.5 cm³/mol. The van der Waals surface area contributed by atoms with Gasteiger partial charge in [-0.05, 0) is 12.1 Å². The van der Waals surface area contributed by atoms with Crippen LogP contribution < -0.4 is 10.2 Å². The van der Waals surface area contributed by atoms with Crippen LogP contribution in [-0.2, 0) is 4.74 Å². The van der Waals surface area contributed by atoms with E-state index in [1.807, 2.05) is 25.2 Å². The molecule has 2 heterocycles. The van der Waals surface area contributed by atoms with Crippen molar-refractivity contribution < 1.29 is 4.74 Å². The van der Waals surface area contributed by atoms with Crippen molar-refractivity contribution in [1.82, 2.24) is 10.2 Å². The van der Waals surface area contributed by atoms with Crippen molar-refractivity contribution in [1.29, 1.82) is 0 Å². The van der Waals surface area contributed by atoms with Gasteiger partial charge in [-0.3, -0.25) is 4.99 Å². The van der Waals surface area contributed by atoms with E-state index in [2.05, 4.69) is 33.1 Å². The molecule has 3 rings (SSSR count). The van der Waals surface area contributed by atoms with Crippen molar-refractivity contribution in [2.75, 3.05) is 57.9 Å². The number of nitrogens with zero attached hydrogens (tertiary/aromatic N) is 3. The molecule has 2 aliphatic rings. The van der Waals surface area contributed by atoms with E-state index in [0.29, 0.717) is 0 Å². The maximum atomic E-state index is 6.30. The third-order valence-electron chi connectivity index (χ3n) is 4.56. The summed E-state index contributed by atoms with van der Waals surface area (Å²) in [6, 6.07) is 8.04. The lowest BCUT2D eigenvalue weighted by Gasteiger charge is -2.41. The van der Waals surface area contributed by atoms with Gasteiger partial charge >= 0.3 is 0 Å². The summed E-state index contributed by atoms with van der Waals surface area (Å²) >= 11 is 6.30. The van der Waals surface area contributed by atoms with Gasteiger partial charge in [-0.15, -0.1) is 0 Å². The molecule has 126 valence electrons. The molecule has 1 N–H and O–H groups in total. The Bertz CT molecular complexity index is 565. The van der Waals surface area contributed by atoms with E-state index < -0.39 is 0 Å². The van der Waals surface area contributed by atoms with Crippen LogP contribution in [0.2, 0.25) is 5.02 Å². The first-order valence-electron chi connectivity index (χ1n) is 8.14. The van der Waals surface area contributed by atoms with Gasteiger partial charge in [0.25, 0.3) is 0 Å². The van der Waals surface area contributed by atoms with Crippen molar-refractivity contribution in [3.05, 3.63) is 29.3 Å². The first kappa shape index (κ1) is 16.4. The largest absolute Gasteiger partial charge is 0.380 e. The SMILES string of the molecule is CN=C(NCC1(C)COC1)N1CCN(c2ccccc2Cl)CC1. The minimum absolute atomic E-state index is 0.245. The summed E-state index contributed by atoms with van der Waals surface area (Å²) in [4.78, 5) is 9.09. The molecular formula is C17H25ClN4O. The van der Waals surface area contributed by atoms with Crippen LogP contribution in [0.15, 0.2) is 29.3 Å². The second-order valence-corrected chi connectivity index (χ2v) is 7.04. The first-order chi connectivity index (χ1) is 11.1. The zero-order valence-electron chi connectivity index (χ0n) is 13.9. The highest BCUT2D eigenvalue weighted by Gasteiger charge is 2.33. The van der Waals surface area contributed by atoms with Crippen LogP contribution in [0.1, 0.15) is 6.92 Å². The van der Waals surface area contributed by atoms with Gasteiger partial charge < -0.3 is 19.9 Å². The molecule has 0 bridgehead atoms. The average molecular weight is 337 g/mol. The summed E-state index contributed by atoms with van der Waals surface area (Å²) in [6.07, 6.45) is 0. The zero-order valence-corrected chi connectivity index (χ0v) is 14.6. The number of nitrogens with one attached hydrogen (secondary N) is 1. The number of hydrogen-bond acceptors (Lipinski definition) is 3. The molecule has 1 aromatic rings. The molecule has 5 nitrogen and oxygen atoms in total. The highest BCUT2D eigenvalue weighted by molar-refractivity contribution is 6.33. The van der Waals surface area contributed by atoms with E-state index >= 15 is 0 Å². The summed E-state index contributed by atoms with van der Waals surface area (Å²) < 4.78 is 5.31. The van der Waals surface area contributed by atoms with Crippen molar-refractivity contribution in [3.63, 3.8) is 0 Å². The quantitative estimate of drug-likeness (QED) is 0.677. The lowest BCUT2D eigenvalue weighted by atomic mass is 9.89. The molecule has 0 saturated carbocycles. The Labute approximate surface area is 143 Å². The van der Waals surface area contributed by atoms with E-state index in [9.17, 15) is 0 Å². The van der Waals surface area contributed by atoms with Crippen LogP contribution in [-0.4, -0.2) is 63.8 Å². The van der Waals surface area contributed by atoms with E-state index in [4.69, 9.17) is 16.3 Å². The molecule has 2 fully saturated rings. The molecule has 0 unspecified atom stereocenters. The van der Waals surface area contributed by atoms with Gasteiger partial charge in [-0.1, -0.05) is 30.7 Å². The molecule has 0 radical (unpaired) electrons. The zero-order chi connectivity index (χ0) is 16.3. The van der Waals surface area contributed by atoms with Gasteiger partial charge in [0.2, 0.25) is 0 Å². The smallest absolute Gasteiger partial charge is 0.193 e. The number of aliphatic imine (C=N–C) groups is 1. The number of para-hydroxylation sites is 1. The maximum Gasteiger partial charge on any atom is 0.193 e. The third-order valence-corrected chi connectivity index (χ3v) is 4.88. The number of rotatable bonds is 3. The van der Waals surface area contributed by atoms with E-state index in [-0.39, 0.29) is 5.41 Å². The van der Waals surface area contributed by atoms with Gasteiger partial charge in [0.1, 0.15) is 0 Å². The standard InChI is InChI=1S/C17H25ClN4O/c1-17(12-23-13-17)11-20-16(19-2)22-9-7-21(8-10-22)15-6-4-3-5-14(15)18/h3-6H,7-13H2,1-2H3,(H,19,20). The number of ether oxygens (including phenoxy) is 1. The Kier molecular flexibility index (Phi) is 4.97. The third kappa shape index (κ3) is 3.72. The first-order valence-corrected chi connectivity index (χ1v) is 8.52. The number of guanidine groups is 1. The Balaban J connectivity index is 1.54. The summed E-state index contributed by atoms with van der Waals surface area (Å²) in [7, 11) is 1.85. The molecule has 0 aliphatic carbocycles. The van der Waals surface area contributed by atoms with Gasteiger partial charge in [0.05, 0.1) is 23.9 Å². The second kappa shape index (κ2) is 6.97. The van der Waals surface area contributed by atoms with Gasteiger partial charge in [0.15, 0.2) is 5.96 Å². The molecule has 23 heavy (non-hydrogen) atoms. The molecule has 0 aromatic heterocycles. The lowest BCUT2D eigenvalue weighted by molar-refractivity contribution is -0.0972. The minimum Gasteiger partial charge on any atom is -0.380 e. The summed E-state index contributed by atoms with van der Waals surface area (Å²) in [5, 5.41) is 4.32. The summed E-state index contributed by atoms with van der Waals surface area (Å²) in [6.45, 7) is 8.59. The number of hydrogen-bond donors (Lipinski definition) is 1. The number of benzene rings is 1. The van der Waals surface area contributed by atoms with Crippen molar-refractivity contribution in [2.45, 2.75) is 6.92 Å². The molecule has 0 amide bonds. The second-order valence-electron chi connectivity index (χ2n) is 6.63. The van der Waals surface area contributed by atoms with Crippen LogP contribution in [0.4, 0.5) is 5.69 Å². The normalized spacial score (nSPS) is 21.1. The maximum absolute atomic E-state index is 6.30. The van der Waals surface area contributed by atoms with Crippen LogP contribution >= 0.6 is 11.6 Å². The fraction of sp³-hybridized carbons (Fsp3) is 0.588. The Morgan fingerprint density at radius 1 is 1.26 bits per heavy atom. The molecule has 0 spiro atoms. The van der Waals surface area contributed by atoms with Gasteiger partial charge in [-0.2, -0.15) is 0 Å². The molecule has 6 heteroatoms. The van der Waals surface area contributed by atoms with Crippen LogP contribution in [0.25, 0.3) is 0 Å². The van der Waals surface area contributed by atoms with Gasteiger partial charge in [0, 0.05) is 45.2 Å². The Hall–Kier alpha value is -1.46. The number of anilines is 1. The Morgan fingerprint density at radius 3 is 2.52 bits per heavy atom. The number of halogens is 1. The molecule has 1 aromatic carbocycles. The highest BCUT2D eigenvalue weighted by atomic mass is 35.5. The number of piperazine rings is 1. The van der Waals surface area contributed by atoms with E-state index in [1.165, 1.54) is 0 Å². The van der Waals surface area contributed by atoms with Crippen LogP contribution in [0.3, 0.4) is 0 Å². The Morgan fingerprint density at radius 2 is 1.96 bits per heavy atom. The summed E-state index contributed by atoms with van der Waals surface area (Å²) in [5.41, 5.74) is 1.37. The molecular weight excluding hydrogens is 312 g/mol. The molecule has 0 atom stereocenters. The average Bonchev–Trinajstić information content (AvgIpc) is 2.55. The van der Waals surface area contributed by atoms with Gasteiger partial charge in [-0.25, -0.2) is 0 Å². The fourth-order valence-electron chi connectivity index (χ4n) is 3.04. The van der Waals surface area contributed by atoms with Crippen molar-refractivity contribution >= 4 is 23.2 Å². The lowest BCUT2D eigenvalue weighted by Crippen LogP contribution is -2.56. The van der Waals surface area contributed by atoms with E-state index in [1.54, 1.807) is 0 Å². The summed E-state index contributed by atoms with van der Waals surface area (Å²) in [5.74, 6) is 0.983. The van der Waals surface area contributed by atoms with Crippen LogP contribution in [0.5, 0.6) is 0 Å². The minimum atomic E-state index is 0.245. The molecule has 2 aliphatic heterocycles. The van der Waals surface area contributed by atoms with Crippen molar-refractivity contribution in [3.8, 4) is 0 Å². The van der Waals surface area contributed by atoms with E-state index in [0.717, 1.165) is 62.6 Å². The predicted octanol–water partition coefficient (Wildman–Crippen LogP) is 2.07. The molecule has 2 saturated heterocycles. The van der Waals surface area contributed by atoms with Crippen LogP contribution in [0, 0.1) is 5.41 Å². The monoisotopic (exact) mass is 336 g/mol. The highest BCUT2D eigenvalue weighted by Crippen LogP contribution is 2.27. The fourth-order valence-corrected chi connectivity index (χ4v) is 3.30.